The van der Waals surface area contributed by atoms with Crippen LogP contribution in [0.5, 0.6) is 5.75 Å². The summed E-state index contributed by atoms with van der Waals surface area (Å²) in [6, 6.07) is 17.6. The number of piperazine rings is 1. The van der Waals surface area contributed by atoms with Crippen LogP contribution in [0.15, 0.2) is 54.6 Å². The summed E-state index contributed by atoms with van der Waals surface area (Å²) < 4.78 is 5.15. The molecule has 1 aliphatic rings. The first kappa shape index (κ1) is 16.3. The van der Waals surface area contributed by atoms with Crippen molar-refractivity contribution >= 4 is 11.7 Å². The van der Waals surface area contributed by atoms with Crippen LogP contribution in [0.3, 0.4) is 0 Å². The second-order valence-electron chi connectivity index (χ2n) is 6.04. The summed E-state index contributed by atoms with van der Waals surface area (Å²) in [6.45, 7) is 2.41. The van der Waals surface area contributed by atoms with Crippen molar-refractivity contribution < 1.29 is 9.53 Å². The van der Waals surface area contributed by atoms with Gasteiger partial charge in [0.25, 0.3) is 0 Å². The average molecular weight is 325 g/mol. The minimum absolute atomic E-state index is 0.0585. The lowest BCUT2D eigenvalue weighted by Crippen LogP contribution is -2.50. The quantitative estimate of drug-likeness (QED) is 0.942. The minimum atomic E-state index is -0.0675. The van der Waals surface area contributed by atoms with Crippen molar-refractivity contribution in [3.05, 3.63) is 60.2 Å². The standard InChI is InChI=1S/C19H23N3O2/c1-21-12-13-22(18(14-21)15-6-4-3-5-7-15)19(23)20-16-8-10-17(24-2)11-9-16/h3-11,18H,12-14H2,1-2H3,(H,20,23)/t18-/m1/s1. The number of nitrogens with zero attached hydrogens (tertiary/aromatic N) is 2. The van der Waals surface area contributed by atoms with Crippen LogP contribution in [0.25, 0.3) is 0 Å². The summed E-state index contributed by atoms with van der Waals surface area (Å²) in [7, 11) is 3.72. The summed E-state index contributed by atoms with van der Waals surface area (Å²) in [6.07, 6.45) is 0. The van der Waals surface area contributed by atoms with Crippen molar-refractivity contribution in [3.63, 3.8) is 0 Å². The number of ether oxygens (including phenoxy) is 1. The van der Waals surface area contributed by atoms with Gasteiger partial charge in [-0.25, -0.2) is 4.79 Å². The molecule has 3 rings (SSSR count). The van der Waals surface area contributed by atoms with Crippen molar-refractivity contribution in [2.75, 3.05) is 39.1 Å². The highest BCUT2D eigenvalue weighted by Gasteiger charge is 2.30. The summed E-state index contributed by atoms with van der Waals surface area (Å²) in [5.74, 6) is 0.773. The second kappa shape index (κ2) is 7.36. The lowest BCUT2D eigenvalue weighted by molar-refractivity contribution is 0.117. The zero-order valence-electron chi connectivity index (χ0n) is 14.1. The summed E-state index contributed by atoms with van der Waals surface area (Å²) >= 11 is 0. The molecule has 2 aromatic rings. The van der Waals surface area contributed by atoms with Gasteiger partial charge in [0.1, 0.15) is 5.75 Å². The molecule has 1 saturated heterocycles. The molecule has 0 bridgehead atoms. The Morgan fingerprint density at radius 3 is 2.46 bits per heavy atom. The topological polar surface area (TPSA) is 44.8 Å². The van der Waals surface area contributed by atoms with Crippen molar-refractivity contribution in [3.8, 4) is 5.75 Å². The SMILES string of the molecule is COc1ccc(NC(=O)N2CCN(C)C[C@@H]2c2ccccc2)cc1. The molecular weight excluding hydrogens is 302 g/mol. The average Bonchev–Trinajstić information content (AvgIpc) is 2.63. The van der Waals surface area contributed by atoms with E-state index >= 15 is 0 Å². The van der Waals surface area contributed by atoms with Crippen molar-refractivity contribution in [2.45, 2.75) is 6.04 Å². The first-order valence-corrected chi connectivity index (χ1v) is 8.12. The first-order chi connectivity index (χ1) is 11.7. The van der Waals surface area contributed by atoms with E-state index in [2.05, 4.69) is 29.4 Å². The third-order valence-corrected chi connectivity index (χ3v) is 4.37. The number of benzene rings is 2. The number of carbonyl (C=O) groups excluding carboxylic acids is 1. The number of rotatable bonds is 3. The Labute approximate surface area is 142 Å². The van der Waals surface area contributed by atoms with Gasteiger partial charge in [-0.3, -0.25) is 0 Å². The van der Waals surface area contributed by atoms with Crippen LogP contribution in [-0.2, 0) is 0 Å². The van der Waals surface area contributed by atoms with E-state index in [-0.39, 0.29) is 12.1 Å². The number of nitrogens with one attached hydrogen (secondary N) is 1. The monoisotopic (exact) mass is 325 g/mol. The number of likely N-dealkylation sites (N-methyl/N-ethyl adjacent to an activating group) is 1. The van der Waals surface area contributed by atoms with Gasteiger partial charge in [0, 0.05) is 25.3 Å². The Morgan fingerprint density at radius 2 is 1.79 bits per heavy atom. The van der Waals surface area contributed by atoms with Crippen LogP contribution < -0.4 is 10.1 Å². The molecule has 0 spiro atoms. The van der Waals surface area contributed by atoms with E-state index in [1.54, 1.807) is 7.11 Å². The zero-order valence-corrected chi connectivity index (χ0v) is 14.1. The number of hydrogen-bond donors (Lipinski definition) is 1. The van der Waals surface area contributed by atoms with Crippen LogP contribution in [0.2, 0.25) is 0 Å². The second-order valence-corrected chi connectivity index (χ2v) is 6.04. The highest BCUT2D eigenvalue weighted by molar-refractivity contribution is 5.89. The fourth-order valence-electron chi connectivity index (χ4n) is 2.99. The van der Waals surface area contributed by atoms with E-state index in [0.717, 1.165) is 30.1 Å². The molecule has 1 N–H and O–H groups in total. The van der Waals surface area contributed by atoms with Crippen molar-refractivity contribution in [2.24, 2.45) is 0 Å². The Balaban J connectivity index is 1.75. The van der Waals surface area contributed by atoms with Crippen LogP contribution in [-0.4, -0.2) is 49.6 Å². The maximum Gasteiger partial charge on any atom is 0.322 e. The summed E-state index contributed by atoms with van der Waals surface area (Å²) in [4.78, 5) is 17.0. The molecule has 5 nitrogen and oxygen atoms in total. The number of hydrogen-bond acceptors (Lipinski definition) is 3. The lowest BCUT2D eigenvalue weighted by Gasteiger charge is -2.40. The van der Waals surface area contributed by atoms with Gasteiger partial charge in [-0.1, -0.05) is 30.3 Å². The smallest absolute Gasteiger partial charge is 0.322 e. The third-order valence-electron chi connectivity index (χ3n) is 4.37. The molecule has 0 radical (unpaired) electrons. The van der Waals surface area contributed by atoms with Crippen LogP contribution in [0, 0.1) is 0 Å². The molecule has 2 amide bonds. The molecule has 5 heteroatoms. The van der Waals surface area contributed by atoms with E-state index in [1.807, 2.05) is 47.4 Å². The summed E-state index contributed by atoms with van der Waals surface area (Å²) in [5.41, 5.74) is 1.93. The van der Waals surface area contributed by atoms with E-state index in [4.69, 9.17) is 4.74 Å². The molecule has 126 valence electrons. The van der Waals surface area contributed by atoms with Gasteiger partial charge in [0.2, 0.25) is 0 Å². The molecule has 0 unspecified atom stereocenters. The van der Waals surface area contributed by atoms with Gasteiger partial charge in [-0.2, -0.15) is 0 Å². The third kappa shape index (κ3) is 3.68. The highest BCUT2D eigenvalue weighted by Crippen LogP contribution is 2.26. The van der Waals surface area contributed by atoms with Gasteiger partial charge in [-0.15, -0.1) is 0 Å². The normalized spacial score (nSPS) is 18.2. The van der Waals surface area contributed by atoms with Crippen LogP contribution >= 0.6 is 0 Å². The Hall–Kier alpha value is -2.53. The maximum atomic E-state index is 12.8. The molecule has 0 aliphatic carbocycles. The van der Waals surface area contributed by atoms with E-state index in [1.165, 1.54) is 0 Å². The lowest BCUT2D eigenvalue weighted by atomic mass is 10.0. The number of carbonyl (C=O) groups is 1. The number of anilines is 1. The fraction of sp³-hybridized carbons (Fsp3) is 0.316. The maximum absolute atomic E-state index is 12.8. The van der Waals surface area contributed by atoms with Gasteiger partial charge < -0.3 is 19.9 Å². The van der Waals surface area contributed by atoms with E-state index < -0.39 is 0 Å². The Morgan fingerprint density at radius 1 is 1.08 bits per heavy atom. The molecular formula is C19H23N3O2. The fourth-order valence-corrected chi connectivity index (χ4v) is 2.99. The zero-order chi connectivity index (χ0) is 16.9. The predicted molar refractivity (Wildman–Crippen MR) is 95.4 cm³/mol. The van der Waals surface area contributed by atoms with E-state index in [9.17, 15) is 4.79 Å². The van der Waals surface area contributed by atoms with Gasteiger partial charge in [-0.05, 0) is 36.9 Å². The minimum Gasteiger partial charge on any atom is -0.497 e. The molecule has 0 saturated carbocycles. The van der Waals surface area contributed by atoms with Crippen LogP contribution in [0.1, 0.15) is 11.6 Å². The molecule has 1 fully saturated rings. The molecule has 1 heterocycles. The van der Waals surface area contributed by atoms with Gasteiger partial charge in [0.05, 0.1) is 13.2 Å². The molecule has 1 atom stereocenters. The highest BCUT2D eigenvalue weighted by atomic mass is 16.5. The van der Waals surface area contributed by atoms with Gasteiger partial charge >= 0.3 is 6.03 Å². The number of methoxy groups -OCH3 is 1. The first-order valence-electron chi connectivity index (χ1n) is 8.12. The largest absolute Gasteiger partial charge is 0.497 e. The summed E-state index contributed by atoms with van der Waals surface area (Å²) in [5, 5.41) is 2.99. The van der Waals surface area contributed by atoms with Gasteiger partial charge in [0.15, 0.2) is 0 Å². The Bertz CT molecular complexity index is 673. The van der Waals surface area contributed by atoms with Crippen LogP contribution in [0.4, 0.5) is 10.5 Å². The molecule has 0 aromatic heterocycles. The predicted octanol–water partition coefficient (Wildman–Crippen LogP) is 3.22. The number of amides is 2. The molecule has 2 aromatic carbocycles. The molecule has 24 heavy (non-hydrogen) atoms. The Kier molecular flexibility index (Phi) is 5.01. The van der Waals surface area contributed by atoms with E-state index in [0.29, 0.717) is 6.54 Å². The van der Waals surface area contributed by atoms with Crippen molar-refractivity contribution in [1.82, 2.24) is 9.80 Å². The number of urea groups is 1. The molecule has 1 aliphatic heterocycles. The van der Waals surface area contributed by atoms with Crippen molar-refractivity contribution in [1.29, 1.82) is 0 Å².